The Labute approximate surface area is 186 Å². The molecule has 1 fully saturated rings. The number of nitrogens with zero attached hydrogens (tertiary/aromatic N) is 6. The highest BCUT2D eigenvalue weighted by Gasteiger charge is 2.28. The molecule has 4 aromatic rings. The number of amides is 1. The van der Waals surface area contributed by atoms with Crippen LogP contribution in [0.2, 0.25) is 0 Å². The van der Waals surface area contributed by atoms with E-state index in [1.54, 1.807) is 12.4 Å². The highest BCUT2D eigenvalue weighted by molar-refractivity contribution is 5.78. The quantitative estimate of drug-likeness (QED) is 0.462. The molecule has 0 bridgehead atoms. The second-order valence-corrected chi connectivity index (χ2v) is 8.15. The molecular weight excluding hydrogens is 404 g/mol. The first kappa shape index (κ1) is 20.4. The van der Waals surface area contributed by atoms with Crippen LogP contribution >= 0.6 is 0 Å². The number of imidazole rings is 1. The summed E-state index contributed by atoms with van der Waals surface area (Å²) in [5.74, 6) is 2.36. The maximum Gasteiger partial charge on any atom is 0.231 e. The molecule has 4 heterocycles. The van der Waals surface area contributed by atoms with E-state index in [-0.39, 0.29) is 11.8 Å². The number of pyridine rings is 1. The zero-order chi connectivity index (χ0) is 21.9. The van der Waals surface area contributed by atoms with Gasteiger partial charge in [-0.2, -0.15) is 4.98 Å². The lowest BCUT2D eigenvalue weighted by Crippen LogP contribution is -2.39. The number of carbonyl (C=O) groups is 1. The van der Waals surface area contributed by atoms with Crippen molar-refractivity contribution in [2.24, 2.45) is 0 Å². The van der Waals surface area contributed by atoms with Crippen molar-refractivity contribution in [1.29, 1.82) is 0 Å². The van der Waals surface area contributed by atoms with Gasteiger partial charge >= 0.3 is 0 Å². The number of hydrogen-bond acceptors (Lipinski definition) is 6. The highest BCUT2D eigenvalue weighted by Crippen LogP contribution is 2.28. The van der Waals surface area contributed by atoms with Crippen molar-refractivity contribution < 1.29 is 9.32 Å². The average Bonchev–Trinajstić information content (AvgIpc) is 3.48. The van der Waals surface area contributed by atoms with Crippen molar-refractivity contribution in [2.45, 2.75) is 45.1 Å². The zero-order valence-corrected chi connectivity index (χ0v) is 18.1. The lowest BCUT2D eigenvalue weighted by Gasteiger charge is -2.31. The summed E-state index contributed by atoms with van der Waals surface area (Å²) < 4.78 is 7.72. The van der Waals surface area contributed by atoms with Crippen LogP contribution in [0.1, 0.15) is 43.8 Å². The molecule has 5 rings (SSSR count). The third-order valence-electron chi connectivity index (χ3n) is 6.08. The molecule has 0 spiro atoms. The number of rotatable bonds is 6. The third-order valence-corrected chi connectivity index (χ3v) is 6.08. The Morgan fingerprint density at radius 2 is 2.09 bits per heavy atom. The summed E-state index contributed by atoms with van der Waals surface area (Å²) in [5.41, 5.74) is 2.89. The number of carbonyl (C=O) groups excluding carboxylic acids is 1. The Morgan fingerprint density at radius 3 is 2.94 bits per heavy atom. The molecule has 0 saturated carbocycles. The van der Waals surface area contributed by atoms with E-state index in [0.717, 1.165) is 48.2 Å². The number of aromatic nitrogens is 5. The number of fused-ring (bicyclic) bond motifs is 1. The summed E-state index contributed by atoms with van der Waals surface area (Å²) in [6.45, 7) is 4.11. The second kappa shape index (κ2) is 8.90. The van der Waals surface area contributed by atoms with Crippen molar-refractivity contribution in [1.82, 2.24) is 29.6 Å². The molecule has 0 aliphatic carbocycles. The molecule has 3 aromatic heterocycles. The van der Waals surface area contributed by atoms with E-state index in [4.69, 9.17) is 9.51 Å². The molecule has 1 aliphatic heterocycles. The van der Waals surface area contributed by atoms with E-state index in [0.29, 0.717) is 31.2 Å². The maximum atomic E-state index is 13.0. The highest BCUT2D eigenvalue weighted by atomic mass is 16.5. The van der Waals surface area contributed by atoms with Crippen LogP contribution in [0.3, 0.4) is 0 Å². The first-order valence-corrected chi connectivity index (χ1v) is 11.2. The van der Waals surface area contributed by atoms with Crippen LogP contribution in [0.15, 0.2) is 53.3 Å². The fraction of sp³-hybridized carbons (Fsp3) is 0.375. The lowest BCUT2D eigenvalue weighted by atomic mass is 9.97. The molecule has 0 radical (unpaired) electrons. The molecule has 1 amide bonds. The molecule has 1 saturated heterocycles. The van der Waals surface area contributed by atoms with Crippen LogP contribution in [-0.2, 0) is 17.8 Å². The Kier molecular flexibility index (Phi) is 5.66. The first-order chi connectivity index (χ1) is 15.7. The third kappa shape index (κ3) is 4.00. The van der Waals surface area contributed by atoms with Gasteiger partial charge in [-0.1, -0.05) is 24.2 Å². The fourth-order valence-electron chi connectivity index (χ4n) is 4.43. The summed E-state index contributed by atoms with van der Waals surface area (Å²) in [6.07, 6.45) is 6.58. The summed E-state index contributed by atoms with van der Waals surface area (Å²) in [5, 5.41) is 4.11. The van der Waals surface area contributed by atoms with Gasteiger partial charge < -0.3 is 14.0 Å². The van der Waals surface area contributed by atoms with Gasteiger partial charge in [0.25, 0.3) is 0 Å². The Balaban J connectivity index is 1.25. The topological polar surface area (TPSA) is 89.9 Å². The minimum atomic E-state index is 0.0610. The van der Waals surface area contributed by atoms with Crippen LogP contribution in [0.25, 0.3) is 22.4 Å². The van der Waals surface area contributed by atoms with E-state index < -0.39 is 0 Å². The molecule has 0 N–H and O–H groups in total. The van der Waals surface area contributed by atoms with Crippen LogP contribution in [-0.4, -0.2) is 48.6 Å². The second-order valence-electron chi connectivity index (χ2n) is 8.15. The number of para-hydroxylation sites is 2. The number of hydrogen-bond donors (Lipinski definition) is 0. The summed E-state index contributed by atoms with van der Waals surface area (Å²) in [7, 11) is 0. The largest absolute Gasteiger partial charge is 0.342 e. The standard InChI is InChI=1S/C24H26N6O2/c1-2-21-26-19-9-3-4-10-20(19)30(21)14-11-22(31)29-13-6-8-18(16-29)24-27-23(28-32-24)17-7-5-12-25-15-17/h3-5,7,9-10,12,15,18H,2,6,8,11,13-14,16H2,1H3. The average molecular weight is 431 g/mol. The van der Waals surface area contributed by atoms with E-state index in [1.165, 1.54) is 0 Å². The molecule has 1 unspecified atom stereocenters. The van der Waals surface area contributed by atoms with Crippen LogP contribution < -0.4 is 0 Å². The number of piperidine rings is 1. The molecule has 8 heteroatoms. The Morgan fingerprint density at radius 1 is 1.19 bits per heavy atom. The molecule has 1 atom stereocenters. The predicted octanol–water partition coefficient (Wildman–Crippen LogP) is 3.84. The normalized spacial score (nSPS) is 16.5. The zero-order valence-electron chi connectivity index (χ0n) is 18.1. The van der Waals surface area contributed by atoms with Gasteiger partial charge in [0, 0.05) is 50.4 Å². The SMILES string of the molecule is CCc1nc2ccccc2n1CCC(=O)N1CCCC(c2nc(-c3cccnc3)no2)C1. The van der Waals surface area contributed by atoms with Crippen molar-refractivity contribution >= 4 is 16.9 Å². The minimum Gasteiger partial charge on any atom is -0.342 e. The monoisotopic (exact) mass is 430 g/mol. The first-order valence-electron chi connectivity index (χ1n) is 11.2. The Bertz CT molecular complexity index is 1220. The van der Waals surface area contributed by atoms with E-state index in [2.05, 4.69) is 32.7 Å². The van der Waals surface area contributed by atoms with Crippen molar-refractivity contribution in [3.8, 4) is 11.4 Å². The summed E-state index contributed by atoms with van der Waals surface area (Å²) in [4.78, 5) is 28.4. The van der Waals surface area contributed by atoms with Gasteiger partial charge in [0.05, 0.1) is 17.0 Å². The van der Waals surface area contributed by atoms with Gasteiger partial charge in [0.2, 0.25) is 17.6 Å². The van der Waals surface area contributed by atoms with E-state index in [1.807, 2.05) is 35.2 Å². The van der Waals surface area contributed by atoms with Gasteiger partial charge in [-0.25, -0.2) is 4.98 Å². The molecule has 1 aliphatic rings. The Hall–Kier alpha value is -3.55. The lowest BCUT2D eigenvalue weighted by molar-refractivity contribution is -0.132. The van der Waals surface area contributed by atoms with E-state index in [9.17, 15) is 4.79 Å². The van der Waals surface area contributed by atoms with Crippen molar-refractivity contribution in [3.63, 3.8) is 0 Å². The molecular formula is C24H26N6O2. The smallest absolute Gasteiger partial charge is 0.231 e. The molecule has 164 valence electrons. The summed E-state index contributed by atoms with van der Waals surface area (Å²) >= 11 is 0. The fourth-order valence-corrected chi connectivity index (χ4v) is 4.43. The minimum absolute atomic E-state index is 0.0610. The summed E-state index contributed by atoms with van der Waals surface area (Å²) in [6, 6.07) is 11.9. The van der Waals surface area contributed by atoms with Crippen LogP contribution in [0.4, 0.5) is 0 Å². The van der Waals surface area contributed by atoms with Gasteiger partial charge in [-0.3, -0.25) is 9.78 Å². The van der Waals surface area contributed by atoms with Crippen LogP contribution in [0.5, 0.6) is 0 Å². The van der Waals surface area contributed by atoms with Crippen LogP contribution in [0, 0.1) is 0 Å². The van der Waals surface area contributed by atoms with Gasteiger partial charge in [0.1, 0.15) is 5.82 Å². The van der Waals surface area contributed by atoms with Gasteiger partial charge in [-0.05, 0) is 37.1 Å². The number of benzene rings is 1. The number of likely N-dealkylation sites (tertiary alicyclic amines) is 1. The molecule has 32 heavy (non-hydrogen) atoms. The molecule has 1 aromatic carbocycles. The van der Waals surface area contributed by atoms with Gasteiger partial charge in [-0.15, -0.1) is 0 Å². The van der Waals surface area contributed by atoms with Crippen molar-refractivity contribution in [2.75, 3.05) is 13.1 Å². The van der Waals surface area contributed by atoms with Crippen molar-refractivity contribution in [3.05, 3.63) is 60.5 Å². The maximum absolute atomic E-state index is 13.0. The predicted molar refractivity (Wildman–Crippen MR) is 120 cm³/mol. The van der Waals surface area contributed by atoms with Gasteiger partial charge in [0.15, 0.2) is 0 Å². The molecule has 8 nitrogen and oxygen atoms in total. The number of aryl methyl sites for hydroxylation is 2. The van der Waals surface area contributed by atoms with E-state index >= 15 is 0 Å².